The lowest BCUT2D eigenvalue weighted by Crippen LogP contribution is -2.62. The Labute approximate surface area is 142 Å². The van der Waals surface area contributed by atoms with Crippen molar-refractivity contribution in [3.63, 3.8) is 0 Å². The maximum Gasteiger partial charge on any atom is 0.261 e. The zero-order valence-electron chi connectivity index (χ0n) is 13.9. The zero-order valence-corrected chi connectivity index (χ0v) is 13.9. The maximum absolute atomic E-state index is 13.6. The summed E-state index contributed by atoms with van der Waals surface area (Å²) in [5.74, 6) is 0.321. The van der Waals surface area contributed by atoms with Gasteiger partial charge in [0.2, 0.25) is 0 Å². The summed E-state index contributed by atoms with van der Waals surface area (Å²) in [5, 5.41) is 15.1. The van der Waals surface area contributed by atoms with Crippen LogP contribution in [0.1, 0.15) is 49.4 Å². The molecule has 0 bridgehead atoms. The van der Waals surface area contributed by atoms with Crippen molar-refractivity contribution in [1.29, 1.82) is 0 Å². The molecule has 4 N–H and O–H groups in total. The molecule has 1 amide bonds. The molecule has 1 aromatic rings. The Bertz CT molecular complexity index is 702. The van der Waals surface area contributed by atoms with Crippen molar-refractivity contribution in [3.05, 3.63) is 35.4 Å². The van der Waals surface area contributed by atoms with Gasteiger partial charge in [-0.1, -0.05) is 37.1 Å². The van der Waals surface area contributed by atoms with Gasteiger partial charge in [0.1, 0.15) is 6.17 Å². The van der Waals surface area contributed by atoms with Crippen LogP contribution in [0.5, 0.6) is 0 Å². The van der Waals surface area contributed by atoms with Crippen molar-refractivity contribution >= 4 is 5.91 Å². The van der Waals surface area contributed by atoms with Crippen molar-refractivity contribution in [1.82, 2.24) is 10.2 Å². The van der Waals surface area contributed by atoms with Crippen molar-refractivity contribution in [2.24, 2.45) is 17.6 Å². The molecule has 0 radical (unpaired) electrons. The summed E-state index contributed by atoms with van der Waals surface area (Å²) in [6.45, 7) is 1.74. The summed E-state index contributed by atoms with van der Waals surface area (Å²) in [6.07, 6.45) is 4.54. The van der Waals surface area contributed by atoms with E-state index in [0.717, 1.165) is 56.3 Å². The van der Waals surface area contributed by atoms with E-state index in [1.54, 1.807) is 0 Å². The number of nitrogens with two attached hydrogens (primary N) is 1. The molecule has 2 aliphatic heterocycles. The molecule has 2 aliphatic carbocycles. The highest BCUT2D eigenvalue weighted by Crippen LogP contribution is 2.57. The van der Waals surface area contributed by atoms with Crippen LogP contribution in [0.15, 0.2) is 24.3 Å². The van der Waals surface area contributed by atoms with Crippen LogP contribution >= 0.6 is 0 Å². The van der Waals surface area contributed by atoms with Gasteiger partial charge < -0.3 is 21.1 Å². The standard InChI is InChI=1S/C19H25N3O2/c20-16-14-7-3-4-8-15(14)19(24,12-5-1-2-6-12)17(23)22(16)18-9-13(18)10-21-11-18/h3-4,7-8,12-13,16,21,24H,1-2,5-6,9-11,20H2/t13-,16?,18?,19-/m0/s1. The Morgan fingerprint density at radius 1 is 1.21 bits per heavy atom. The third-order valence-corrected chi connectivity index (χ3v) is 6.96. The van der Waals surface area contributed by atoms with Gasteiger partial charge >= 0.3 is 0 Å². The molecule has 5 heteroatoms. The number of benzene rings is 1. The van der Waals surface area contributed by atoms with E-state index < -0.39 is 11.8 Å². The highest BCUT2D eigenvalue weighted by atomic mass is 16.3. The minimum absolute atomic E-state index is 0.00381. The number of fused-ring (bicyclic) bond motifs is 2. The molecule has 24 heavy (non-hydrogen) atoms. The Hall–Kier alpha value is -1.43. The van der Waals surface area contributed by atoms with E-state index in [9.17, 15) is 9.90 Å². The predicted octanol–water partition coefficient (Wildman–Crippen LogP) is 1.23. The average Bonchev–Trinajstić information content (AvgIpc) is 3.00. The number of nitrogens with zero attached hydrogens (tertiary/aromatic N) is 1. The van der Waals surface area contributed by atoms with Crippen molar-refractivity contribution in [2.45, 2.75) is 49.4 Å². The largest absolute Gasteiger partial charge is 0.375 e. The number of rotatable bonds is 2. The second kappa shape index (κ2) is 4.81. The van der Waals surface area contributed by atoms with Crippen LogP contribution in [-0.4, -0.2) is 34.5 Å². The molecule has 3 fully saturated rings. The van der Waals surface area contributed by atoms with E-state index >= 15 is 0 Å². The van der Waals surface area contributed by atoms with E-state index in [-0.39, 0.29) is 17.4 Å². The average molecular weight is 327 g/mol. The Balaban J connectivity index is 1.66. The zero-order chi connectivity index (χ0) is 16.5. The van der Waals surface area contributed by atoms with Gasteiger partial charge in [0.05, 0.1) is 5.54 Å². The molecule has 2 heterocycles. The van der Waals surface area contributed by atoms with Crippen LogP contribution in [-0.2, 0) is 10.4 Å². The molecule has 2 unspecified atom stereocenters. The molecule has 4 aliphatic rings. The fourth-order valence-corrected chi connectivity index (χ4v) is 5.57. The number of carbonyl (C=O) groups excluding carboxylic acids is 1. The second-order valence-electron chi connectivity index (χ2n) is 8.09. The van der Waals surface area contributed by atoms with E-state index in [1.807, 2.05) is 29.2 Å². The third kappa shape index (κ3) is 1.68. The molecule has 4 atom stereocenters. The van der Waals surface area contributed by atoms with Crippen LogP contribution in [0, 0.1) is 11.8 Å². The number of piperidine rings is 1. The molecule has 2 saturated carbocycles. The van der Waals surface area contributed by atoms with Crippen LogP contribution < -0.4 is 11.1 Å². The van der Waals surface area contributed by atoms with Gasteiger partial charge in [-0.2, -0.15) is 0 Å². The van der Waals surface area contributed by atoms with Gasteiger partial charge in [0.15, 0.2) is 5.60 Å². The van der Waals surface area contributed by atoms with Crippen molar-refractivity contribution in [2.75, 3.05) is 13.1 Å². The van der Waals surface area contributed by atoms with Crippen LogP contribution in [0.4, 0.5) is 0 Å². The molecule has 5 rings (SSSR count). The first-order valence-electron chi connectivity index (χ1n) is 9.21. The van der Waals surface area contributed by atoms with Crippen LogP contribution in [0.2, 0.25) is 0 Å². The Morgan fingerprint density at radius 2 is 1.96 bits per heavy atom. The van der Waals surface area contributed by atoms with E-state index in [2.05, 4.69) is 5.32 Å². The summed E-state index contributed by atoms with van der Waals surface area (Å²) in [7, 11) is 0. The lowest BCUT2D eigenvalue weighted by molar-refractivity contribution is -0.169. The highest BCUT2D eigenvalue weighted by molar-refractivity contribution is 5.90. The minimum Gasteiger partial charge on any atom is -0.375 e. The Morgan fingerprint density at radius 3 is 2.62 bits per heavy atom. The molecular formula is C19H25N3O2. The first kappa shape index (κ1) is 14.9. The highest BCUT2D eigenvalue weighted by Gasteiger charge is 2.67. The quantitative estimate of drug-likeness (QED) is 0.763. The normalized spacial score (nSPS) is 41.4. The van der Waals surface area contributed by atoms with Crippen LogP contribution in [0.25, 0.3) is 0 Å². The fraction of sp³-hybridized carbons (Fsp3) is 0.632. The first-order chi connectivity index (χ1) is 11.6. The maximum atomic E-state index is 13.6. The summed E-state index contributed by atoms with van der Waals surface area (Å²) >= 11 is 0. The van der Waals surface area contributed by atoms with Gasteiger partial charge in [-0.3, -0.25) is 4.79 Å². The monoisotopic (exact) mass is 327 g/mol. The molecule has 0 aromatic heterocycles. The number of nitrogens with one attached hydrogen (secondary N) is 1. The SMILES string of the molecule is NC1c2ccccc2[C@@](O)(C2CCCC2)C(=O)N1C12CNC[C@@H]1C2. The topological polar surface area (TPSA) is 78.6 Å². The van der Waals surface area contributed by atoms with E-state index in [0.29, 0.717) is 5.92 Å². The number of aliphatic hydroxyl groups is 1. The lowest BCUT2D eigenvalue weighted by Gasteiger charge is -2.49. The third-order valence-electron chi connectivity index (χ3n) is 6.96. The molecule has 128 valence electrons. The summed E-state index contributed by atoms with van der Waals surface area (Å²) in [4.78, 5) is 15.4. The van der Waals surface area contributed by atoms with Gasteiger partial charge in [-0.25, -0.2) is 0 Å². The summed E-state index contributed by atoms with van der Waals surface area (Å²) < 4.78 is 0. The van der Waals surface area contributed by atoms with Gasteiger partial charge in [-0.15, -0.1) is 0 Å². The Kier molecular flexibility index (Phi) is 2.98. The summed E-state index contributed by atoms with van der Waals surface area (Å²) in [5.41, 5.74) is 6.62. The molecule has 1 saturated heterocycles. The van der Waals surface area contributed by atoms with Crippen molar-refractivity contribution < 1.29 is 9.90 Å². The van der Waals surface area contributed by atoms with Gasteiger partial charge in [0.25, 0.3) is 5.91 Å². The van der Waals surface area contributed by atoms with Crippen molar-refractivity contribution in [3.8, 4) is 0 Å². The molecule has 0 spiro atoms. The van der Waals surface area contributed by atoms with Gasteiger partial charge in [-0.05, 0) is 36.3 Å². The number of hydrogen-bond acceptors (Lipinski definition) is 4. The van der Waals surface area contributed by atoms with Crippen LogP contribution in [0.3, 0.4) is 0 Å². The smallest absolute Gasteiger partial charge is 0.261 e. The fourth-order valence-electron chi connectivity index (χ4n) is 5.57. The first-order valence-corrected chi connectivity index (χ1v) is 9.21. The van der Waals surface area contributed by atoms with E-state index in [1.165, 1.54) is 0 Å². The number of amides is 1. The second-order valence-corrected chi connectivity index (χ2v) is 8.09. The molecular weight excluding hydrogens is 302 g/mol. The van der Waals surface area contributed by atoms with E-state index in [4.69, 9.17) is 5.73 Å². The molecule has 1 aromatic carbocycles. The number of carbonyl (C=O) groups is 1. The minimum atomic E-state index is -1.41. The molecule has 5 nitrogen and oxygen atoms in total. The summed E-state index contributed by atoms with van der Waals surface area (Å²) in [6, 6.07) is 7.74. The van der Waals surface area contributed by atoms with Gasteiger partial charge in [0, 0.05) is 19.0 Å². The predicted molar refractivity (Wildman–Crippen MR) is 89.8 cm³/mol. The lowest BCUT2D eigenvalue weighted by atomic mass is 9.73. The number of hydrogen-bond donors (Lipinski definition) is 3.